The molecule has 0 amide bonds. The van der Waals surface area contributed by atoms with Gasteiger partial charge in [0.15, 0.2) is 0 Å². The Labute approximate surface area is 76.5 Å². The van der Waals surface area contributed by atoms with Gasteiger partial charge in [-0.3, -0.25) is 0 Å². The molecule has 1 nitrogen and oxygen atoms in total. The van der Waals surface area contributed by atoms with Crippen molar-refractivity contribution in [2.45, 2.75) is 52.6 Å². The second-order valence-electron chi connectivity index (χ2n) is 4.69. The predicted octanol–water partition coefficient (Wildman–Crippen LogP) is 3.40. The van der Waals surface area contributed by atoms with Crippen LogP contribution in [0.5, 0.6) is 0 Å². The van der Waals surface area contributed by atoms with Gasteiger partial charge in [-0.2, -0.15) is 0 Å². The Morgan fingerprint density at radius 3 is 2.67 bits per heavy atom. The lowest BCUT2D eigenvalue weighted by atomic mass is 9.67. The SMILES string of the molecule is [CH2]OC1CCCC(C)(C(C)C)C1. The number of ether oxygens (including phenoxy) is 1. The average Bonchev–Trinajstić information content (AvgIpc) is 2.04. The maximum absolute atomic E-state index is 5.19. The molecule has 1 rings (SSSR count). The average molecular weight is 169 g/mol. The molecule has 0 spiro atoms. The van der Waals surface area contributed by atoms with Gasteiger partial charge in [0.2, 0.25) is 0 Å². The van der Waals surface area contributed by atoms with Crippen molar-refractivity contribution < 1.29 is 4.74 Å². The molecule has 0 bridgehead atoms. The van der Waals surface area contributed by atoms with E-state index in [2.05, 4.69) is 27.9 Å². The minimum Gasteiger partial charge on any atom is -0.376 e. The van der Waals surface area contributed by atoms with Crippen LogP contribution < -0.4 is 0 Å². The molecule has 1 fully saturated rings. The molecule has 1 radical (unpaired) electrons. The van der Waals surface area contributed by atoms with E-state index in [9.17, 15) is 0 Å². The highest BCUT2D eigenvalue weighted by Gasteiger charge is 2.34. The third-order valence-electron chi connectivity index (χ3n) is 3.60. The van der Waals surface area contributed by atoms with E-state index in [4.69, 9.17) is 4.74 Å². The van der Waals surface area contributed by atoms with E-state index in [1.807, 2.05) is 0 Å². The zero-order valence-electron chi connectivity index (χ0n) is 8.60. The Morgan fingerprint density at radius 2 is 2.17 bits per heavy atom. The summed E-state index contributed by atoms with van der Waals surface area (Å²) in [4.78, 5) is 0. The normalized spacial score (nSPS) is 37.2. The van der Waals surface area contributed by atoms with Crippen LogP contribution in [0.4, 0.5) is 0 Å². The summed E-state index contributed by atoms with van der Waals surface area (Å²) in [5.74, 6) is 0.760. The predicted molar refractivity (Wildman–Crippen MR) is 51.6 cm³/mol. The van der Waals surface area contributed by atoms with E-state index >= 15 is 0 Å². The third-order valence-corrected chi connectivity index (χ3v) is 3.60. The van der Waals surface area contributed by atoms with Crippen LogP contribution >= 0.6 is 0 Å². The van der Waals surface area contributed by atoms with Gasteiger partial charge in [-0.15, -0.1) is 0 Å². The highest BCUT2D eigenvalue weighted by Crippen LogP contribution is 2.42. The van der Waals surface area contributed by atoms with Gasteiger partial charge in [0.25, 0.3) is 0 Å². The maximum atomic E-state index is 5.19. The summed E-state index contributed by atoms with van der Waals surface area (Å²) in [6.45, 7) is 7.00. The zero-order valence-corrected chi connectivity index (χ0v) is 8.60. The van der Waals surface area contributed by atoms with Crippen molar-refractivity contribution in [1.82, 2.24) is 0 Å². The fourth-order valence-electron chi connectivity index (χ4n) is 2.12. The summed E-state index contributed by atoms with van der Waals surface area (Å²) in [6, 6.07) is 0. The van der Waals surface area contributed by atoms with Crippen LogP contribution in [0.25, 0.3) is 0 Å². The number of rotatable bonds is 2. The highest BCUT2D eigenvalue weighted by atomic mass is 16.5. The minimum atomic E-state index is 0.408. The molecule has 0 aromatic rings. The number of hydrogen-bond donors (Lipinski definition) is 0. The van der Waals surface area contributed by atoms with Crippen LogP contribution in [-0.2, 0) is 4.74 Å². The summed E-state index contributed by atoms with van der Waals surface area (Å²) in [7, 11) is 3.53. The van der Waals surface area contributed by atoms with E-state index in [1.54, 1.807) is 0 Å². The van der Waals surface area contributed by atoms with E-state index in [0.717, 1.165) is 5.92 Å². The van der Waals surface area contributed by atoms with E-state index in [1.165, 1.54) is 25.7 Å². The van der Waals surface area contributed by atoms with Gasteiger partial charge >= 0.3 is 0 Å². The Hall–Kier alpha value is -0.0400. The van der Waals surface area contributed by atoms with Crippen LogP contribution in [0, 0.1) is 18.4 Å². The molecule has 0 aromatic carbocycles. The van der Waals surface area contributed by atoms with Crippen molar-refractivity contribution in [3.63, 3.8) is 0 Å². The molecule has 0 N–H and O–H groups in total. The first-order chi connectivity index (χ1) is 5.58. The first-order valence-electron chi connectivity index (χ1n) is 4.99. The van der Waals surface area contributed by atoms with Gasteiger partial charge in [-0.25, -0.2) is 0 Å². The molecular weight excluding hydrogens is 148 g/mol. The molecule has 1 aliphatic carbocycles. The van der Waals surface area contributed by atoms with Crippen LogP contribution in [0.1, 0.15) is 46.5 Å². The molecule has 71 valence electrons. The van der Waals surface area contributed by atoms with Crippen LogP contribution in [0.2, 0.25) is 0 Å². The monoisotopic (exact) mass is 169 g/mol. The first kappa shape index (κ1) is 10.0. The molecule has 12 heavy (non-hydrogen) atoms. The van der Waals surface area contributed by atoms with E-state index in [0.29, 0.717) is 11.5 Å². The van der Waals surface area contributed by atoms with Crippen molar-refractivity contribution in [3.8, 4) is 0 Å². The lowest BCUT2D eigenvalue weighted by Crippen LogP contribution is -2.33. The molecule has 1 aliphatic rings. The van der Waals surface area contributed by atoms with Gasteiger partial charge in [0.05, 0.1) is 13.2 Å². The van der Waals surface area contributed by atoms with Crippen LogP contribution in [-0.4, -0.2) is 6.10 Å². The van der Waals surface area contributed by atoms with E-state index in [-0.39, 0.29) is 0 Å². The minimum absolute atomic E-state index is 0.408. The summed E-state index contributed by atoms with van der Waals surface area (Å²) in [5, 5.41) is 0. The maximum Gasteiger partial charge on any atom is 0.0704 e. The van der Waals surface area contributed by atoms with Crippen LogP contribution in [0.3, 0.4) is 0 Å². The summed E-state index contributed by atoms with van der Waals surface area (Å²) in [5.41, 5.74) is 0.487. The standard InChI is InChI=1S/C11H21O/c1-9(2)11(3)7-5-6-10(8-11)12-4/h9-10H,4-8H2,1-3H3. The van der Waals surface area contributed by atoms with Gasteiger partial charge in [0.1, 0.15) is 0 Å². The van der Waals surface area contributed by atoms with E-state index < -0.39 is 0 Å². The largest absolute Gasteiger partial charge is 0.376 e. The number of hydrogen-bond acceptors (Lipinski definition) is 1. The molecule has 1 heteroatoms. The van der Waals surface area contributed by atoms with Crippen molar-refractivity contribution in [2.24, 2.45) is 11.3 Å². The Morgan fingerprint density at radius 1 is 1.50 bits per heavy atom. The lowest BCUT2D eigenvalue weighted by molar-refractivity contribution is 0.0166. The summed E-state index contributed by atoms with van der Waals surface area (Å²) >= 11 is 0. The van der Waals surface area contributed by atoms with Gasteiger partial charge in [-0.05, 0) is 30.6 Å². The second-order valence-corrected chi connectivity index (χ2v) is 4.69. The smallest absolute Gasteiger partial charge is 0.0704 e. The van der Waals surface area contributed by atoms with Crippen molar-refractivity contribution >= 4 is 0 Å². The highest BCUT2D eigenvalue weighted by molar-refractivity contribution is 4.85. The third kappa shape index (κ3) is 2.01. The molecule has 0 aromatic heterocycles. The first-order valence-corrected chi connectivity index (χ1v) is 4.99. The Kier molecular flexibility index (Phi) is 3.16. The van der Waals surface area contributed by atoms with Gasteiger partial charge in [-0.1, -0.05) is 27.2 Å². The quantitative estimate of drug-likeness (QED) is 0.615. The Bertz CT molecular complexity index is 142. The topological polar surface area (TPSA) is 9.23 Å². The molecule has 2 atom stereocenters. The van der Waals surface area contributed by atoms with Crippen molar-refractivity contribution in [2.75, 3.05) is 0 Å². The van der Waals surface area contributed by atoms with Gasteiger partial charge < -0.3 is 4.74 Å². The van der Waals surface area contributed by atoms with Crippen molar-refractivity contribution in [3.05, 3.63) is 7.11 Å². The molecule has 2 unspecified atom stereocenters. The Balaban J connectivity index is 2.54. The fourth-order valence-corrected chi connectivity index (χ4v) is 2.12. The van der Waals surface area contributed by atoms with Gasteiger partial charge in [0, 0.05) is 0 Å². The fraction of sp³-hybridized carbons (Fsp3) is 0.909. The second kappa shape index (κ2) is 3.78. The molecule has 0 saturated heterocycles. The lowest BCUT2D eigenvalue weighted by Gasteiger charge is -2.40. The molecule has 1 saturated carbocycles. The molecular formula is C11H21O. The summed E-state index contributed by atoms with van der Waals surface area (Å²) < 4.78 is 5.19. The summed E-state index contributed by atoms with van der Waals surface area (Å²) in [6.07, 6.45) is 5.45. The molecule has 0 aliphatic heterocycles. The molecule has 0 heterocycles. The van der Waals surface area contributed by atoms with Crippen LogP contribution in [0.15, 0.2) is 0 Å². The van der Waals surface area contributed by atoms with Crippen molar-refractivity contribution in [1.29, 1.82) is 0 Å². The zero-order chi connectivity index (χ0) is 9.19.